The SMILES string of the molecule is COc1ccc(-c2cnc(C#N)cn2)cc1OC. The van der Waals surface area contributed by atoms with E-state index in [1.165, 1.54) is 6.20 Å². The number of rotatable bonds is 3. The number of aromatic nitrogens is 2. The van der Waals surface area contributed by atoms with Gasteiger partial charge in [-0.2, -0.15) is 5.26 Å². The lowest BCUT2D eigenvalue weighted by Crippen LogP contribution is -1.93. The van der Waals surface area contributed by atoms with Crippen molar-refractivity contribution >= 4 is 0 Å². The summed E-state index contributed by atoms with van der Waals surface area (Å²) in [7, 11) is 3.16. The molecule has 0 saturated heterocycles. The first-order valence-corrected chi connectivity index (χ1v) is 5.23. The van der Waals surface area contributed by atoms with Gasteiger partial charge in [0.25, 0.3) is 0 Å². The Morgan fingerprint density at radius 2 is 1.83 bits per heavy atom. The summed E-state index contributed by atoms with van der Waals surface area (Å²) in [5.74, 6) is 1.28. The third-order valence-electron chi connectivity index (χ3n) is 2.45. The van der Waals surface area contributed by atoms with E-state index < -0.39 is 0 Å². The van der Waals surface area contributed by atoms with Gasteiger partial charge in [0.1, 0.15) is 6.07 Å². The summed E-state index contributed by atoms with van der Waals surface area (Å²) in [5, 5.41) is 8.66. The maximum atomic E-state index is 8.66. The molecular formula is C13H11N3O2. The van der Waals surface area contributed by atoms with E-state index >= 15 is 0 Å². The first-order valence-electron chi connectivity index (χ1n) is 5.23. The van der Waals surface area contributed by atoms with Crippen LogP contribution in [0.1, 0.15) is 5.69 Å². The molecule has 0 N–H and O–H groups in total. The molecule has 0 aliphatic carbocycles. The van der Waals surface area contributed by atoms with Gasteiger partial charge in [-0.3, -0.25) is 4.98 Å². The highest BCUT2D eigenvalue weighted by molar-refractivity contribution is 5.63. The zero-order valence-corrected chi connectivity index (χ0v) is 10.0. The Morgan fingerprint density at radius 1 is 1.06 bits per heavy atom. The second kappa shape index (κ2) is 5.15. The number of hydrogen-bond acceptors (Lipinski definition) is 5. The van der Waals surface area contributed by atoms with E-state index in [2.05, 4.69) is 9.97 Å². The van der Waals surface area contributed by atoms with Crippen LogP contribution in [0.5, 0.6) is 11.5 Å². The van der Waals surface area contributed by atoms with Crippen molar-refractivity contribution in [2.24, 2.45) is 0 Å². The van der Waals surface area contributed by atoms with Gasteiger partial charge in [0.05, 0.1) is 32.3 Å². The summed E-state index contributed by atoms with van der Waals surface area (Å²) in [4.78, 5) is 8.15. The van der Waals surface area contributed by atoms with Crippen LogP contribution in [0.4, 0.5) is 0 Å². The van der Waals surface area contributed by atoms with Gasteiger partial charge in [0, 0.05) is 5.56 Å². The third-order valence-corrected chi connectivity index (χ3v) is 2.45. The zero-order chi connectivity index (χ0) is 13.0. The lowest BCUT2D eigenvalue weighted by Gasteiger charge is -2.08. The van der Waals surface area contributed by atoms with Crippen molar-refractivity contribution in [3.8, 4) is 28.8 Å². The van der Waals surface area contributed by atoms with Crippen LogP contribution in [-0.4, -0.2) is 24.2 Å². The Bertz CT molecular complexity index is 588. The minimum Gasteiger partial charge on any atom is -0.493 e. The second-order valence-corrected chi connectivity index (χ2v) is 3.47. The standard InChI is InChI=1S/C13H11N3O2/c1-17-12-4-3-9(5-13(12)18-2)11-8-15-10(6-14)7-16-11/h3-5,7-8H,1-2H3. The molecule has 0 spiro atoms. The van der Waals surface area contributed by atoms with Crippen LogP contribution in [0.25, 0.3) is 11.3 Å². The van der Waals surface area contributed by atoms with Crippen molar-refractivity contribution < 1.29 is 9.47 Å². The molecule has 0 bridgehead atoms. The Labute approximate surface area is 105 Å². The topological polar surface area (TPSA) is 68.0 Å². The average Bonchev–Trinajstić information content (AvgIpc) is 2.46. The maximum absolute atomic E-state index is 8.66. The lowest BCUT2D eigenvalue weighted by atomic mass is 10.1. The summed E-state index contributed by atoms with van der Waals surface area (Å²) in [6, 6.07) is 7.40. The van der Waals surface area contributed by atoms with Crippen LogP contribution in [0.3, 0.4) is 0 Å². The summed E-state index contributed by atoms with van der Waals surface area (Å²) in [6.45, 7) is 0. The molecule has 1 aromatic carbocycles. The fourth-order valence-electron chi connectivity index (χ4n) is 1.53. The van der Waals surface area contributed by atoms with Gasteiger partial charge < -0.3 is 9.47 Å². The molecule has 5 nitrogen and oxygen atoms in total. The molecule has 0 amide bonds. The predicted molar refractivity (Wildman–Crippen MR) is 65.3 cm³/mol. The molecule has 5 heteroatoms. The van der Waals surface area contributed by atoms with Gasteiger partial charge in [0.15, 0.2) is 17.2 Å². The van der Waals surface area contributed by atoms with Gasteiger partial charge in [0.2, 0.25) is 0 Å². The van der Waals surface area contributed by atoms with Crippen molar-refractivity contribution in [1.29, 1.82) is 5.26 Å². The molecule has 0 radical (unpaired) electrons. The van der Waals surface area contributed by atoms with E-state index in [0.29, 0.717) is 22.9 Å². The number of methoxy groups -OCH3 is 2. The molecule has 0 saturated carbocycles. The van der Waals surface area contributed by atoms with Crippen molar-refractivity contribution in [2.75, 3.05) is 14.2 Å². The first kappa shape index (κ1) is 11.9. The summed E-state index contributed by atoms with van der Waals surface area (Å²) < 4.78 is 10.4. The van der Waals surface area contributed by atoms with E-state index in [1.54, 1.807) is 26.5 Å². The molecule has 1 heterocycles. The van der Waals surface area contributed by atoms with Gasteiger partial charge >= 0.3 is 0 Å². The van der Waals surface area contributed by atoms with Crippen molar-refractivity contribution in [1.82, 2.24) is 9.97 Å². The Balaban J connectivity index is 2.41. The summed E-state index contributed by atoms with van der Waals surface area (Å²) in [5.41, 5.74) is 1.82. The smallest absolute Gasteiger partial charge is 0.161 e. The second-order valence-electron chi connectivity index (χ2n) is 3.47. The van der Waals surface area contributed by atoms with Crippen LogP contribution in [0, 0.1) is 11.3 Å². The van der Waals surface area contributed by atoms with E-state index in [9.17, 15) is 0 Å². The van der Waals surface area contributed by atoms with E-state index in [1.807, 2.05) is 18.2 Å². The van der Waals surface area contributed by atoms with Crippen molar-refractivity contribution in [2.45, 2.75) is 0 Å². The molecule has 0 aliphatic rings. The third kappa shape index (κ3) is 2.23. The fraction of sp³-hybridized carbons (Fsp3) is 0.154. The molecule has 2 rings (SSSR count). The summed E-state index contributed by atoms with van der Waals surface area (Å²) in [6.07, 6.45) is 2.99. The van der Waals surface area contributed by atoms with Crippen LogP contribution in [0.15, 0.2) is 30.6 Å². The molecule has 0 unspecified atom stereocenters. The Hall–Kier alpha value is -2.61. The van der Waals surface area contributed by atoms with Crippen molar-refractivity contribution in [3.05, 3.63) is 36.3 Å². The highest BCUT2D eigenvalue weighted by atomic mass is 16.5. The van der Waals surface area contributed by atoms with Gasteiger partial charge in [-0.15, -0.1) is 0 Å². The minimum atomic E-state index is 0.291. The highest BCUT2D eigenvalue weighted by Crippen LogP contribution is 2.31. The maximum Gasteiger partial charge on any atom is 0.161 e. The van der Waals surface area contributed by atoms with Crippen LogP contribution in [-0.2, 0) is 0 Å². The lowest BCUT2D eigenvalue weighted by molar-refractivity contribution is 0.355. The molecular weight excluding hydrogens is 230 g/mol. The highest BCUT2D eigenvalue weighted by Gasteiger charge is 2.07. The number of nitrogens with zero attached hydrogens (tertiary/aromatic N) is 3. The van der Waals surface area contributed by atoms with E-state index in [-0.39, 0.29) is 0 Å². The number of ether oxygens (including phenoxy) is 2. The Kier molecular flexibility index (Phi) is 3.39. The van der Waals surface area contributed by atoms with Gasteiger partial charge in [-0.1, -0.05) is 0 Å². The monoisotopic (exact) mass is 241 g/mol. The summed E-state index contributed by atoms with van der Waals surface area (Å²) >= 11 is 0. The van der Waals surface area contributed by atoms with Crippen LogP contribution >= 0.6 is 0 Å². The van der Waals surface area contributed by atoms with Crippen LogP contribution < -0.4 is 9.47 Å². The number of hydrogen-bond donors (Lipinski definition) is 0. The normalized spacial score (nSPS) is 9.61. The minimum absolute atomic E-state index is 0.291. The van der Waals surface area contributed by atoms with Gasteiger partial charge in [-0.05, 0) is 18.2 Å². The van der Waals surface area contributed by atoms with Gasteiger partial charge in [-0.25, -0.2) is 4.98 Å². The molecule has 90 valence electrons. The fourth-order valence-corrected chi connectivity index (χ4v) is 1.53. The average molecular weight is 241 g/mol. The van der Waals surface area contributed by atoms with E-state index in [0.717, 1.165) is 5.56 Å². The predicted octanol–water partition coefficient (Wildman–Crippen LogP) is 2.03. The van der Waals surface area contributed by atoms with Crippen molar-refractivity contribution in [3.63, 3.8) is 0 Å². The molecule has 0 fully saturated rings. The molecule has 0 aliphatic heterocycles. The zero-order valence-electron chi connectivity index (χ0n) is 10.0. The Morgan fingerprint density at radius 3 is 2.39 bits per heavy atom. The molecule has 18 heavy (non-hydrogen) atoms. The first-order chi connectivity index (χ1) is 8.78. The quantitative estimate of drug-likeness (QED) is 0.822. The number of benzene rings is 1. The number of nitriles is 1. The van der Waals surface area contributed by atoms with E-state index in [4.69, 9.17) is 14.7 Å². The molecule has 2 aromatic rings. The molecule has 1 aromatic heterocycles. The van der Waals surface area contributed by atoms with Crippen LogP contribution in [0.2, 0.25) is 0 Å². The molecule has 0 atom stereocenters. The largest absolute Gasteiger partial charge is 0.493 e.